The van der Waals surface area contributed by atoms with Gasteiger partial charge in [0.25, 0.3) is 5.91 Å². The summed E-state index contributed by atoms with van der Waals surface area (Å²) in [4.78, 5) is 31.9. The second-order valence-corrected chi connectivity index (χ2v) is 9.40. The summed E-state index contributed by atoms with van der Waals surface area (Å²) in [5.41, 5.74) is 9.54. The Hall–Kier alpha value is -3.33. The number of carbonyl (C=O) groups is 2. The number of carboxylic acids is 1. The summed E-state index contributed by atoms with van der Waals surface area (Å²) in [5, 5.41) is 13.1. The lowest BCUT2D eigenvalue weighted by Gasteiger charge is -2.28. The van der Waals surface area contributed by atoms with E-state index < -0.39 is 5.97 Å². The summed E-state index contributed by atoms with van der Waals surface area (Å²) in [6.07, 6.45) is 1.30. The van der Waals surface area contributed by atoms with Crippen LogP contribution in [0, 0.1) is 12.8 Å². The number of aryl methyl sites for hydroxylation is 1. The maximum atomic E-state index is 12.9. The number of pyridine rings is 1. The van der Waals surface area contributed by atoms with Gasteiger partial charge in [-0.25, -0.2) is 4.98 Å². The molecule has 9 heteroatoms. The number of carboxylic acid groups (broad SMARTS) is 1. The summed E-state index contributed by atoms with van der Waals surface area (Å²) in [6.45, 7) is 3.50. The summed E-state index contributed by atoms with van der Waals surface area (Å²) < 4.78 is 5.95. The molecular weight excluding hydrogens is 428 g/mol. The molecule has 4 heterocycles. The van der Waals surface area contributed by atoms with E-state index in [0.29, 0.717) is 36.6 Å². The van der Waals surface area contributed by atoms with Crippen molar-refractivity contribution in [3.63, 3.8) is 0 Å². The third kappa shape index (κ3) is 3.73. The number of hydrogen-bond acceptors (Lipinski definition) is 7. The summed E-state index contributed by atoms with van der Waals surface area (Å²) in [6, 6.07) is 9.58. The molecule has 2 aliphatic heterocycles. The smallest absolute Gasteiger partial charge is 0.308 e. The van der Waals surface area contributed by atoms with Crippen LogP contribution in [0.5, 0.6) is 5.75 Å². The molecule has 4 N–H and O–H groups in total. The standard InChI is InChI=1S/C23H24N4O4S/c1-12-2-5-17-19(24)20(32-22(17)25-12)21(28)26-15-8-13-3-4-16(9-18(13)31-11-15)27-7-6-14(10-27)23(29)30/h2-5,9,14-15H,6-8,10-11,24H2,1H3,(H,26,28)(H,29,30)/t14-,15+/m0/s1. The molecular formula is C23H24N4O4S. The first-order valence-corrected chi connectivity index (χ1v) is 11.4. The van der Waals surface area contributed by atoms with Crippen molar-refractivity contribution in [3.05, 3.63) is 46.5 Å². The number of nitrogen functional groups attached to an aromatic ring is 1. The summed E-state index contributed by atoms with van der Waals surface area (Å²) in [7, 11) is 0. The van der Waals surface area contributed by atoms with Gasteiger partial charge in [0.2, 0.25) is 0 Å². The molecule has 2 aromatic heterocycles. The normalized spacial score (nSPS) is 20.1. The highest BCUT2D eigenvalue weighted by atomic mass is 32.1. The van der Waals surface area contributed by atoms with Crippen LogP contribution in [0.15, 0.2) is 30.3 Å². The highest BCUT2D eigenvalue weighted by Crippen LogP contribution is 2.34. The van der Waals surface area contributed by atoms with Crippen molar-refractivity contribution >= 4 is 44.8 Å². The molecule has 0 spiro atoms. The van der Waals surface area contributed by atoms with Crippen molar-refractivity contribution in [2.24, 2.45) is 5.92 Å². The van der Waals surface area contributed by atoms with Crippen LogP contribution in [0.25, 0.3) is 10.2 Å². The second kappa shape index (κ2) is 7.98. The predicted molar refractivity (Wildman–Crippen MR) is 124 cm³/mol. The van der Waals surface area contributed by atoms with Gasteiger partial charge in [-0.1, -0.05) is 6.07 Å². The van der Waals surface area contributed by atoms with Crippen LogP contribution in [0.1, 0.15) is 27.3 Å². The van der Waals surface area contributed by atoms with Crippen molar-refractivity contribution in [1.29, 1.82) is 0 Å². The van der Waals surface area contributed by atoms with Gasteiger partial charge < -0.3 is 25.8 Å². The number of nitrogens with one attached hydrogen (secondary N) is 1. The van der Waals surface area contributed by atoms with Crippen LogP contribution in [-0.2, 0) is 11.2 Å². The Morgan fingerprint density at radius 3 is 2.94 bits per heavy atom. The van der Waals surface area contributed by atoms with Gasteiger partial charge in [0.05, 0.1) is 17.6 Å². The Kier molecular flexibility index (Phi) is 5.13. The molecule has 0 radical (unpaired) electrons. The van der Waals surface area contributed by atoms with Gasteiger partial charge in [0.1, 0.15) is 22.1 Å². The van der Waals surface area contributed by atoms with E-state index in [-0.39, 0.29) is 17.9 Å². The number of thiophene rings is 1. The van der Waals surface area contributed by atoms with E-state index in [1.165, 1.54) is 11.3 Å². The van der Waals surface area contributed by atoms with E-state index in [0.717, 1.165) is 39.5 Å². The second-order valence-electron chi connectivity index (χ2n) is 8.40. The lowest BCUT2D eigenvalue weighted by molar-refractivity contribution is -0.140. The molecule has 3 aromatic rings. The van der Waals surface area contributed by atoms with E-state index in [4.69, 9.17) is 10.5 Å². The quantitative estimate of drug-likeness (QED) is 0.557. The number of ether oxygens (including phenoxy) is 1. The van der Waals surface area contributed by atoms with Gasteiger partial charge in [-0.05, 0) is 43.5 Å². The Balaban J connectivity index is 1.27. The molecule has 0 saturated carbocycles. The van der Waals surface area contributed by atoms with Gasteiger partial charge in [-0.3, -0.25) is 9.59 Å². The first-order valence-electron chi connectivity index (χ1n) is 10.6. The molecule has 2 aliphatic rings. The van der Waals surface area contributed by atoms with Crippen LogP contribution in [0.4, 0.5) is 11.4 Å². The minimum absolute atomic E-state index is 0.164. The van der Waals surface area contributed by atoms with E-state index in [1.807, 2.05) is 37.3 Å². The Morgan fingerprint density at radius 1 is 1.31 bits per heavy atom. The van der Waals surface area contributed by atoms with Crippen molar-refractivity contribution in [3.8, 4) is 5.75 Å². The SMILES string of the molecule is Cc1ccc2c(N)c(C(=O)N[C@H]3COc4cc(N5CC[C@H](C(=O)O)C5)ccc4C3)sc2n1. The first-order chi connectivity index (χ1) is 15.4. The van der Waals surface area contributed by atoms with E-state index in [9.17, 15) is 14.7 Å². The number of anilines is 2. The average Bonchev–Trinajstić information content (AvgIpc) is 3.39. The third-order valence-electron chi connectivity index (χ3n) is 6.13. The number of aromatic nitrogens is 1. The van der Waals surface area contributed by atoms with Gasteiger partial charge in [-0.2, -0.15) is 0 Å². The zero-order valence-corrected chi connectivity index (χ0v) is 18.4. The lowest BCUT2D eigenvalue weighted by Crippen LogP contribution is -2.42. The van der Waals surface area contributed by atoms with Gasteiger partial charge in [0.15, 0.2) is 0 Å². The number of benzene rings is 1. The average molecular weight is 453 g/mol. The zero-order valence-electron chi connectivity index (χ0n) is 17.6. The number of rotatable bonds is 4. The van der Waals surface area contributed by atoms with Gasteiger partial charge in [0, 0.05) is 35.9 Å². The number of amides is 1. The van der Waals surface area contributed by atoms with Gasteiger partial charge >= 0.3 is 5.97 Å². The van der Waals surface area contributed by atoms with Crippen molar-refractivity contribution < 1.29 is 19.4 Å². The van der Waals surface area contributed by atoms with E-state index in [1.54, 1.807) is 0 Å². The lowest BCUT2D eigenvalue weighted by atomic mass is 10.0. The largest absolute Gasteiger partial charge is 0.491 e. The number of fused-ring (bicyclic) bond motifs is 2. The fraction of sp³-hybridized carbons (Fsp3) is 0.348. The minimum Gasteiger partial charge on any atom is -0.491 e. The number of hydrogen-bond donors (Lipinski definition) is 3. The predicted octanol–water partition coefficient (Wildman–Crippen LogP) is 2.83. The molecule has 1 saturated heterocycles. The molecule has 166 valence electrons. The molecule has 0 aliphatic carbocycles. The number of carbonyl (C=O) groups excluding carboxylic acids is 1. The molecule has 8 nitrogen and oxygen atoms in total. The topological polar surface area (TPSA) is 118 Å². The van der Waals surface area contributed by atoms with Gasteiger partial charge in [-0.15, -0.1) is 11.3 Å². The van der Waals surface area contributed by atoms with E-state index in [2.05, 4.69) is 15.2 Å². The molecule has 5 rings (SSSR count). The molecule has 2 atom stereocenters. The van der Waals surface area contributed by atoms with Crippen LogP contribution in [-0.4, -0.2) is 47.7 Å². The minimum atomic E-state index is -0.745. The van der Waals surface area contributed by atoms with Crippen LogP contribution < -0.4 is 20.7 Å². The number of nitrogens with two attached hydrogens (primary N) is 1. The monoisotopic (exact) mass is 452 g/mol. The first kappa shape index (κ1) is 20.6. The van der Waals surface area contributed by atoms with E-state index >= 15 is 0 Å². The Labute approximate surface area is 189 Å². The maximum Gasteiger partial charge on any atom is 0.308 e. The zero-order chi connectivity index (χ0) is 22.4. The Morgan fingerprint density at radius 2 is 2.16 bits per heavy atom. The van der Waals surface area contributed by atoms with Crippen LogP contribution in [0.2, 0.25) is 0 Å². The third-order valence-corrected chi connectivity index (χ3v) is 7.25. The van der Waals surface area contributed by atoms with Crippen LogP contribution in [0.3, 0.4) is 0 Å². The molecule has 0 bridgehead atoms. The summed E-state index contributed by atoms with van der Waals surface area (Å²) in [5.74, 6) is -0.501. The fourth-order valence-corrected chi connectivity index (χ4v) is 5.40. The molecule has 32 heavy (non-hydrogen) atoms. The molecule has 0 unspecified atom stereocenters. The molecule has 1 amide bonds. The number of aliphatic carboxylic acids is 1. The maximum absolute atomic E-state index is 12.9. The van der Waals surface area contributed by atoms with Crippen molar-refractivity contribution in [1.82, 2.24) is 10.3 Å². The molecule has 1 fully saturated rings. The Bertz CT molecular complexity index is 1220. The highest BCUT2D eigenvalue weighted by Gasteiger charge is 2.29. The fourth-order valence-electron chi connectivity index (χ4n) is 4.36. The number of nitrogens with zero attached hydrogens (tertiary/aromatic N) is 2. The van der Waals surface area contributed by atoms with Crippen molar-refractivity contribution in [2.45, 2.75) is 25.8 Å². The summed E-state index contributed by atoms with van der Waals surface area (Å²) >= 11 is 1.30. The molecule has 1 aromatic carbocycles. The van der Waals surface area contributed by atoms with Crippen LogP contribution >= 0.6 is 11.3 Å². The van der Waals surface area contributed by atoms with Crippen molar-refractivity contribution in [2.75, 3.05) is 30.3 Å². The highest BCUT2D eigenvalue weighted by molar-refractivity contribution is 7.21.